The van der Waals surface area contributed by atoms with Gasteiger partial charge in [-0.3, -0.25) is 9.59 Å². The lowest BCUT2D eigenvalue weighted by Gasteiger charge is -2.14. The fourth-order valence-corrected chi connectivity index (χ4v) is 3.63. The minimum Gasteiger partial charge on any atom is -0.398 e. The second kappa shape index (κ2) is 6.58. The maximum absolute atomic E-state index is 12.6. The molecule has 0 bridgehead atoms. The summed E-state index contributed by atoms with van der Waals surface area (Å²) in [4.78, 5) is 25.1. The van der Waals surface area contributed by atoms with E-state index in [2.05, 4.69) is 5.32 Å². The first-order chi connectivity index (χ1) is 13.0. The number of carbonyl (C=O) groups excluding carboxylic acids is 1. The summed E-state index contributed by atoms with van der Waals surface area (Å²) in [7, 11) is 0. The van der Waals surface area contributed by atoms with Crippen LogP contribution in [0.3, 0.4) is 0 Å². The Morgan fingerprint density at radius 2 is 1.96 bits per heavy atom. The Bertz CT molecular complexity index is 1110. The van der Waals surface area contributed by atoms with Gasteiger partial charge in [0.2, 0.25) is 0 Å². The first-order valence-electron chi connectivity index (χ1n) is 9.33. The van der Waals surface area contributed by atoms with Crippen molar-refractivity contribution in [1.29, 1.82) is 0 Å². The Morgan fingerprint density at radius 3 is 2.63 bits per heavy atom. The Hall–Kier alpha value is -3.08. The summed E-state index contributed by atoms with van der Waals surface area (Å²) < 4.78 is 1.77. The Kier molecular flexibility index (Phi) is 4.22. The number of fused-ring (bicyclic) bond motifs is 1. The molecule has 2 aromatic carbocycles. The fourth-order valence-electron chi connectivity index (χ4n) is 3.63. The number of aromatic nitrogens is 1. The van der Waals surface area contributed by atoms with E-state index in [0.29, 0.717) is 29.4 Å². The molecule has 0 saturated heterocycles. The number of nitrogens with one attached hydrogen (secondary N) is 1. The molecule has 0 spiro atoms. The molecule has 1 aliphatic rings. The number of anilines is 2. The molecule has 1 aliphatic carbocycles. The summed E-state index contributed by atoms with van der Waals surface area (Å²) in [6.45, 7) is 4.52. The minimum atomic E-state index is -0.233. The summed E-state index contributed by atoms with van der Waals surface area (Å²) in [5.41, 5.74) is 10.7. The number of amides is 1. The Labute approximate surface area is 157 Å². The van der Waals surface area contributed by atoms with Gasteiger partial charge in [-0.05, 0) is 74.1 Å². The van der Waals surface area contributed by atoms with Crippen molar-refractivity contribution in [2.24, 2.45) is 0 Å². The van der Waals surface area contributed by atoms with E-state index in [1.54, 1.807) is 22.8 Å². The van der Waals surface area contributed by atoms with Gasteiger partial charge in [0.1, 0.15) is 0 Å². The van der Waals surface area contributed by atoms with Crippen molar-refractivity contribution in [1.82, 2.24) is 4.57 Å². The summed E-state index contributed by atoms with van der Waals surface area (Å²) >= 11 is 0. The van der Waals surface area contributed by atoms with Crippen LogP contribution in [0.2, 0.25) is 0 Å². The van der Waals surface area contributed by atoms with Crippen LogP contribution in [0.15, 0.2) is 47.3 Å². The SMILES string of the molecule is CCn1c(=O)cc(C2CC2)c2cc(NC(=O)c3ccc(C)cc3N)ccc21. The number of nitrogen functional groups attached to an aromatic ring is 1. The zero-order valence-corrected chi connectivity index (χ0v) is 15.6. The van der Waals surface area contributed by atoms with Crippen molar-refractivity contribution in [3.05, 3.63) is 69.5 Å². The Morgan fingerprint density at radius 1 is 1.19 bits per heavy atom. The number of hydrogen-bond donors (Lipinski definition) is 2. The Balaban J connectivity index is 1.75. The lowest BCUT2D eigenvalue weighted by atomic mass is 10.0. The number of nitrogens with two attached hydrogens (primary N) is 1. The molecule has 1 aromatic heterocycles. The van der Waals surface area contributed by atoms with Crippen LogP contribution in [0, 0.1) is 6.92 Å². The van der Waals surface area contributed by atoms with E-state index < -0.39 is 0 Å². The molecule has 0 aliphatic heterocycles. The molecule has 5 heteroatoms. The highest BCUT2D eigenvalue weighted by Crippen LogP contribution is 2.43. The maximum atomic E-state index is 12.6. The number of pyridine rings is 1. The van der Waals surface area contributed by atoms with Crippen LogP contribution in [-0.4, -0.2) is 10.5 Å². The largest absolute Gasteiger partial charge is 0.398 e. The van der Waals surface area contributed by atoms with Crippen LogP contribution in [0.25, 0.3) is 10.9 Å². The molecule has 3 N–H and O–H groups in total. The highest BCUT2D eigenvalue weighted by molar-refractivity contribution is 6.08. The number of benzene rings is 2. The molecule has 1 heterocycles. The van der Waals surface area contributed by atoms with Gasteiger partial charge in [-0.25, -0.2) is 0 Å². The minimum absolute atomic E-state index is 0.0381. The van der Waals surface area contributed by atoms with Gasteiger partial charge in [0.25, 0.3) is 11.5 Å². The second-order valence-electron chi connectivity index (χ2n) is 7.23. The molecule has 27 heavy (non-hydrogen) atoms. The molecule has 0 unspecified atom stereocenters. The third-order valence-corrected chi connectivity index (χ3v) is 5.19. The van der Waals surface area contributed by atoms with Crippen LogP contribution in [0.5, 0.6) is 0 Å². The number of rotatable bonds is 4. The van der Waals surface area contributed by atoms with Gasteiger partial charge >= 0.3 is 0 Å². The number of hydrogen-bond acceptors (Lipinski definition) is 3. The van der Waals surface area contributed by atoms with Crippen molar-refractivity contribution >= 4 is 28.2 Å². The monoisotopic (exact) mass is 361 g/mol. The van der Waals surface area contributed by atoms with Gasteiger partial charge in [-0.1, -0.05) is 6.07 Å². The van der Waals surface area contributed by atoms with Crippen molar-refractivity contribution in [2.75, 3.05) is 11.1 Å². The quantitative estimate of drug-likeness (QED) is 0.689. The van der Waals surface area contributed by atoms with E-state index in [1.807, 2.05) is 38.1 Å². The average Bonchev–Trinajstić information content (AvgIpc) is 3.46. The lowest BCUT2D eigenvalue weighted by molar-refractivity contribution is 0.102. The van der Waals surface area contributed by atoms with E-state index in [4.69, 9.17) is 5.73 Å². The fraction of sp³-hybridized carbons (Fsp3) is 0.273. The van der Waals surface area contributed by atoms with E-state index in [0.717, 1.165) is 34.9 Å². The van der Waals surface area contributed by atoms with Crippen LogP contribution in [0.4, 0.5) is 11.4 Å². The van der Waals surface area contributed by atoms with Gasteiger partial charge in [-0.15, -0.1) is 0 Å². The van der Waals surface area contributed by atoms with E-state index >= 15 is 0 Å². The van der Waals surface area contributed by atoms with E-state index in [-0.39, 0.29) is 11.5 Å². The summed E-state index contributed by atoms with van der Waals surface area (Å²) in [6, 6.07) is 12.9. The molecule has 138 valence electrons. The molecule has 0 atom stereocenters. The molecule has 5 nitrogen and oxygen atoms in total. The van der Waals surface area contributed by atoms with Gasteiger partial charge in [0.15, 0.2) is 0 Å². The number of nitrogens with zero attached hydrogens (tertiary/aromatic N) is 1. The first kappa shape index (κ1) is 17.3. The number of carbonyl (C=O) groups is 1. The average molecular weight is 361 g/mol. The van der Waals surface area contributed by atoms with Crippen LogP contribution in [-0.2, 0) is 6.54 Å². The van der Waals surface area contributed by atoms with E-state index in [9.17, 15) is 9.59 Å². The maximum Gasteiger partial charge on any atom is 0.257 e. The van der Waals surface area contributed by atoms with Crippen molar-refractivity contribution < 1.29 is 4.79 Å². The van der Waals surface area contributed by atoms with Crippen LogP contribution in [0.1, 0.15) is 47.2 Å². The zero-order chi connectivity index (χ0) is 19.1. The molecule has 0 radical (unpaired) electrons. The molecular formula is C22H23N3O2. The standard InChI is InChI=1S/C22H23N3O2/c1-3-25-20-9-7-15(11-18(20)17(12-21(25)26)14-5-6-14)24-22(27)16-8-4-13(2)10-19(16)23/h4,7-12,14H,3,5-6,23H2,1-2H3,(H,24,27). The third kappa shape index (κ3) is 3.21. The highest BCUT2D eigenvalue weighted by atomic mass is 16.1. The smallest absolute Gasteiger partial charge is 0.257 e. The van der Waals surface area contributed by atoms with Crippen LogP contribution >= 0.6 is 0 Å². The van der Waals surface area contributed by atoms with Crippen molar-refractivity contribution in [3.63, 3.8) is 0 Å². The third-order valence-electron chi connectivity index (χ3n) is 5.19. The van der Waals surface area contributed by atoms with Crippen LogP contribution < -0.4 is 16.6 Å². The molecule has 1 amide bonds. The zero-order valence-electron chi connectivity index (χ0n) is 15.6. The molecule has 4 rings (SSSR count). The molecular weight excluding hydrogens is 338 g/mol. The molecule has 1 saturated carbocycles. The van der Waals surface area contributed by atoms with Crippen molar-refractivity contribution in [3.8, 4) is 0 Å². The highest BCUT2D eigenvalue weighted by Gasteiger charge is 2.26. The number of aryl methyl sites for hydroxylation is 2. The summed E-state index contributed by atoms with van der Waals surface area (Å²) in [6.07, 6.45) is 2.22. The molecule has 1 fully saturated rings. The first-order valence-corrected chi connectivity index (χ1v) is 9.33. The topological polar surface area (TPSA) is 77.1 Å². The lowest BCUT2D eigenvalue weighted by Crippen LogP contribution is -2.20. The van der Waals surface area contributed by atoms with Gasteiger partial charge < -0.3 is 15.6 Å². The summed E-state index contributed by atoms with van der Waals surface area (Å²) in [5.74, 6) is 0.217. The van der Waals surface area contributed by atoms with Gasteiger partial charge in [-0.2, -0.15) is 0 Å². The summed E-state index contributed by atoms with van der Waals surface area (Å²) in [5, 5.41) is 3.98. The van der Waals surface area contributed by atoms with Gasteiger partial charge in [0, 0.05) is 29.4 Å². The second-order valence-corrected chi connectivity index (χ2v) is 7.23. The predicted molar refractivity (Wildman–Crippen MR) is 109 cm³/mol. The molecule has 3 aromatic rings. The normalized spacial score (nSPS) is 13.7. The predicted octanol–water partition coefficient (Wildman–Crippen LogP) is 4.04. The van der Waals surface area contributed by atoms with E-state index in [1.165, 1.54) is 0 Å². The van der Waals surface area contributed by atoms with Crippen molar-refractivity contribution in [2.45, 2.75) is 39.2 Å². The van der Waals surface area contributed by atoms with Gasteiger partial charge in [0.05, 0.1) is 11.1 Å².